The summed E-state index contributed by atoms with van der Waals surface area (Å²) in [6.45, 7) is 6.41. The molecule has 0 aromatic rings. The number of hydrogen-bond donors (Lipinski definition) is 0. The van der Waals surface area contributed by atoms with Crippen molar-refractivity contribution in [2.24, 2.45) is 0 Å². The van der Waals surface area contributed by atoms with Gasteiger partial charge in [-0.05, 0) is 0 Å². The number of rotatable bonds is 6. The van der Waals surface area contributed by atoms with E-state index in [9.17, 15) is 3.74 Å². The van der Waals surface area contributed by atoms with Gasteiger partial charge in [-0.2, -0.15) is 0 Å². The van der Waals surface area contributed by atoms with Crippen LogP contribution < -0.4 is 0 Å². The molecule has 0 atom stereocenters. The van der Waals surface area contributed by atoms with Crippen LogP contribution in [0, 0.1) is 0 Å². The third-order valence-electron chi connectivity index (χ3n) is 1.89. The number of hydrogen-bond acceptors (Lipinski definition) is 1. The molecule has 0 spiro atoms. The zero-order chi connectivity index (χ0) is 8.74. The third kappa shape index (κ3) is 4.74. The van der Waals surface area contributed by atoms with Crippen LogP contribution >= 0.6 is 0 Å². The van der Waals surface area contributed by atoms with Crippen molar-refractivity contribution in [2.75, 3.05) is 0 Å². The summed E-state index contributed by atoms with van der Waals surface area (Å²) in [6, 6.07) is 0. The Morgan fingerprint density at radius 1 is 0.818 bits per heavy atom. The van der Waals surface area contributed by atoms with E-state index in [1.165, 1.54) is 0 Å². The normalized spacial score (nSPS) is 11.9. The molecule has 0 unspecified atom stereocenters. The van der Waals surface area contributed by atoms with Gasteiger partial charge in [0.15, 0.2) is 0 Å². The SMILES string of the molecule is CCC[As](=O)(CCC)CCC. The van der Waals surface area contributed by atoms with Gasteiger partial charge in [0.2, 0.25) is 0 Å². The van der Waals surface area contributed by atoms with E-state index in [4.69, 9.17) is 0 Å². The van der Waals surface area contributed by atoms with Crippen LogP contribution in [0.1, 0.15) is 40.0 Å². The van der Waals surface area contributed by atoms with E-state index in [1.807, 2.05) is 0 Å². The molecule has 0 aliphatic carbocycles. The summed E-state index contributed by atoms with van der Waals surface area (Å²) < 4.78 is 12.1. The van der Waals surface area contributed by atoms with Crippen LogP contribution in [0.5, 0.6) is 0 Å². The van der Waals surface area contributed by atoms with Crippen molar-refractivity contribution < 1.29 is 3.74 Å². The Kier molecular flexibility index (Phi) is 6.13. The monoisotopic (exact) mass is 220 g/mol. The van der Waals surface area contributed by atoms with Crippen LogP contribution in [0.15, 0.2) is 0 Å². The van der Waals surface area contributed by atoms with Gasteiger partial charge in [-0.1, -0.05) is 0 Å². The van der Waals surface area contributed by atoms with E-state index in [0.29, 0.717) is 0 Å². The maximum absolute atomic E-state index is 12.1. The van der Waals surface area contributed by atoms with Crippen molar-refractivity contribution in [1.82, 2.24) is 0 Å². The summed E-state index contributed by atoms with van der Waals surface area (Å²) in [4.78, 5) is 0. The van der Waals surface area contributed by atoms with E-state index in [1.54, 1.807) is 0 Å². The van der Waals surface area contributed by atoms with Gasteiger partial charge in [-0.3, -0.25) is 0 Å². The van der Waals surface area contributed by atoms with Crippen molar-refractivity contribution >= 4 is 13.5 Å². The second-order valence-electron chi connectivity index (χ2n) is 3.23. The molecule has 0 rings (SSSR count). The van der Waals surface area contributed by atoms with Gasteiger partial charge >= 0.3 is 72.9 Å². The van der Waals surface area contributed by atoms with E-state index < -0.39 is 13.5 Å². The van der Waals surface area contributed by atoms with Gasteiger partial charge in [0.1, 0.15) is 0 Å². The molecule has 0 aromatic carbocycles. The molecule has 0 amide bonds. The van der Waals surface area contributed by atoms with E-state index >= 15 is 0 Å². The summed E-state index contributed by atoms with van der Waals surface area (Å²) in [6.07, 6.45) is 3.32. The molecule has 11 heavy (non-hydrogen) atoms. The average molecular weight is 220 g/mol. The van der Waals surface area contributed by atoms with Crippen molar-refractivity contribution in [1.29, 1.82) is 0 Å². The van der Waals surface area contributed by atoms with E-state index in [-0.39, 0.29) is 0 Å². The van der Waals surface area contributed by atoms with Gasteiger partial charge < -0.3 is 0 Å². The molecule has 0 aliphatic rings. The molecule has 1 nitrogen and oxygen atoms in total. The topological polar surface area (TPSA) is 17.1 Å². The second kappa shape index (κ2) is 5.94. The molecule has 0 fully saturated rings. The molecule has 0 aromatic heterocycles. The molecule has 2 heteroatoms. The minimum atomic E-state index is -2.33. The first-order valence-electron chi connectivity index (χ1n) is 4.75. The van der Waals surface area contributed by atoms with Crippen molar-refractivity contribution in [3.8, 4) is 0 Å². The Morgan fingerprint density at radius 2 is 1.09 bits per heavy atom. The molecular weight excluding hydrogens is 199 g/mol. The van der Waals surface area contributed by atoms with Crippen molar-refractivity contribution in [3.63, 3.8) is 0 Å². The fourth-order valence-electron chi connectivity index (χ4n) is 1.56. The summed E-state index contributed by atoms with van der Waals surface area (Å²) >= 11 is -2.33. The fraction of sp³-hybridized carbons (Fsp3) is 1.00. The fourth-order valence-corrected chi connectivity index (χ4v) is 8.10. The summed E-state index contributed by atoms with van der Waals surface area (Å²) in [7, 11) is 0. The molecular formula is C9H21AsO. The zero-order valence-corrected chi connectivity index (χ0v) is 9.97. The average Bonchev–Trinajstić information content (AvgIpc) is 1.88. The minimum absolute atomic E-state index is 1.03. The predicted molar refractivity (Wildman–Crippen MR) is 51.7 cm³/mol. The van der Waals surface area contributed by atoms with Crippen molar-refractivity contribution in [3.05, 3.63) is 0 Å². The standard InChI is InChI=1S/C9H21AsO/c1-4-7-10(11,8-5-2)9-6-3/h4-9H2,1-3H3. The van der Waals surface area contributed by atoms with Crippen LogP contribution in [0.25, 0.3) is 0 Å². The molecule has 0 N–H and O–H groups in total. The molecule has 0 bridgehead atoms. The van der Waals surface area contributed by atoms with Crippen LogP contribution in [-0.4, -0.2) is 13.5 Å². The molecule has 0 radical (unpaired) electrons. The van der Waals surface area contributed by atoms with Gasteiger partial charge in [-0.15, -0.1) is 0 Å². The summed E-state index contributed by atoms with van der Waals surface area (Å²) in [5, 5.41) is 3.08. The molecule has 0 saturated carbocycles. The first-order chi connectivity index (χ1) is 5.18. The maximum atomic E-state index is 12.1. The summed E-state index contributed by atoms with van der Waals surface area (Å²) in [5.41, 5.74) is 0. The van der Waals surface area contributed by atoms with Crippen LogP contribution in [0.4, 0.5) is 0 Å². The van der Waals surface area contributed by atoms with Crippen LogP contribution in [0.3, 0.4) is 0 Å². The van der Waals surface area contributed by atoms with E-state index in [2.05, 4.69) is 20.8 Å². The Morgan fingerprint density at radius 3 is 1.27 bits per heavy atom. The Labute approximate surface area is 73.2 Å². The Hall–Kier alpha value is 0.358. The zero-order valence-electron chi connectivity index (χ0n) is 8.10. The predicted octanol–water partition coefficient (Wildman–Crippen LogP) is 3.59. The second-order valence-corrected chi connectivity index (χ2v) is 10.5. The molecule has 0 heterocycles. The molecule has 68 valence electrons. The van der Waals surface area contributed by atoms with E-state index in [0.717, 1.165) is 34.9 Å². The Balaban J connectivity index is 3.91. The molecule has 0 saturated heterocycles. The molecule has 0 aliphatic heterocycles. The van der Waals surface area contributed by atoms with Crippen molar-refractivity contribution in [2.45, 2.75) is 55.7 Å². The van der Waals surface area contributed by atoms with Crippen LogP contribution in [0.2, 0.25) is 15.6 Å². The first-order valence-corrected chi connectivity index (χ1v) is 9.50. The van der Waals surface area contributed by atoms with Gasteiger partial charge in [0, 0.05) is 0 Å². The Bertz CT molecular complexity index is 108. The quantitative estimate of drug-likeness (QED) is 0.625. The first kappa shape index (κ1) is 11.4. The van der Waals surface area contributed by atoms with Gasteiger partial charge in [0.25, 0.3) is 0 Å². The summed E-state index contributed by atoms with van der Waals surface area (Å²) in [5.74, 6) is 0. The van der Waals surface area contributed by atoms with Gasteiger partial charge in [-0.25, -0.2) is 0 Å². The third-order valence-corrected chi connectivity index (χ3v) is 9.84. The van der Waals surface area contributed by atoms with Gasteiger partial charge in [0.05, 0.1) is 0 Å². The van der Waals surface area contributed by atoms with Crippen LogP contribution in [-0.2, 0) is 3.74 Å².